The van der Waals surface area contributed by atoms with Crippen molar-refractivity contribution in [2.24, 2.45) is 5.73 Å². The Morgan fingerprint density at radius 3 is 2.81 bits per heavy atom. The number of carbonyl (C=O) groups is 1. The third-order valence-corrected chi connectivity index (χ3v) is 2.02. The van der Waals surface area contributed by atoms with Crippen LogP contribution >= 0.6 is 12.4 Å². The van der Waals surface area contributed by atoms with Gasteiger partial charge in [-0.1, -0.05) is 12.1 Å². The summed E-state index contributed by atoms with van der Waals surface area (Å²) in [5.41, 5.74) is 6.82. The number of aliphatic hydroxyl groups excluding tert-OH is 1. The number of ether oxygens (including phenoxy) is 1. The van der Waals surface area contributed by atoms with Gasteiger partial charge in [0.1, 0.15) is 0 Å². The van der Waals surface area contributed by atoms with E-state index in [2.05, 4.69) is 0 Å². The molecule has 1 rings (SSSR count). The van der Waals surface area contributed by atoms with Gasteiger partial charge in [-0.15, -0.1) is 12.4 Å². The molecule has 1 atom stereocenters. The Labute approximate surface area is 101 Å². The molecule has 1 unspecified atom stereocenters. The summed E-state index contributed by atoms with van der Waals surface area (Å²) in [7, 11) is 0. The molecule has 0 aliphatic carbocycles. The molecule has 0 spiro atoms. The van der Waals surface area contributed by atoms with Crippen LogP contribution in [0, 0.1) is 0 Å². The highest BCUT2D eigenvalue weighted by atomic mass is 35.5. The first-order valence-corrected chi connectivity index (χ1v) is 4.82. The fraction of sp³-hybridized carbons (Fsp3) is 0.364. The Morgan fingerprint density at radius 2 is 2.25 bits per heavy atom. The molecule has 90 valence electrons. The molecule has 0 radical (unpaired) electrons. The fourth-order valence-electron chi connectivity index (χ4n) is 1.22. The Hall–Kier alpha value is -1.10. The molecule has 4 nitrogen and oxygen atoms in total. The summed E-state index contributed by atoms with van der Waals surface area (Å²) >= 11 is 0. The van der Waals surface area contributed by atoms with Gasteiger partial charge in [0.15, 0.2) is 0 Å². The number of esters is 1. The normalized spacial score (nSPS) is 11.4. The first-order valence-electron chi connectivity index (χ1n) is 4.82. The highest BCUT2D eigenvalue weighted by molar-refractivity contribution is 5.89. The van der Waals surface area contributed by atoms with Gasteiger partial charge in [-0.3, -0.25) is 0 Å². The number of nitrogens with two attached hydrogens (primary N) is 1. The van der Waals surface area contributed by atoms with Crippen molar-refractivity contribution in [3.8, 4) is 0 Å². The molecule has 0 aliphatic rings. The van der Waals surface area contributed by atoms with Gasteiger partial charge in [0.05, 0.1) is 24.8 Å². The van der Waals surface area contributed by atoms with Crippen LogP contribution in [0.2, 0.25) is 0 Å². The van der Waals surface area contributed by atoms with Crippen molar-refractivity contribution in [1.29, 1.82) is 0 Å². The minimum Gasteiger partial charge on any atom is -0.462 e. The van der Waals surface area contributed by atoms with E-state index in [1.165, 1.54) is 0 Å². The maximum Gasteiger partial charge on any atom is 0.338 e. The SMILES string of the molecule is CCOC(=O)c1cccc(C(N)CO)c1.Cl. The summed E-state index contributed by atoms with van der Waals surface area (Å²) in [5.74, 6) is -0.371. The predicted octanol–water partition coefficient (Wildman–Crippen LogP) is 1.28. The highest BCUT2D eigenvalue weighted by Crippen LogP contribution is 2.12. The molecule has 16 heavy (non-hydrogen) atoms. The van der Waals surface area contributed by atoms with Crippen LogP contribution in [0.25, 0.3) is 0 Å². The minimum atomic E-state index is -0.459. The van der Waals surface area contributed by atoms with E-state index in [9.17, 15) is 4.79 Å². The largest absolute Gasteiger partial charge is 0.462 e. The van der Waals surface area contributed by atoms with Crippen molar-refractivity contribution < 1.29 is 14.6 Å². The molecule has 3 N–H and O–H groups in total. The van der Waals surface area contributed by atoms with E-state index in [1.54, 1.807) is 31.2 Å². The molecular formula is C11H16ClNO3. The van der Waals surface area contributed by atoms with E-state index in [4.69, 9.17) is 15.6 Å². The zero-order chi connectivity index (χ0) is 11.3. The van der Waals surface area contributed by atoms with Gasteiger partial charge in [0.25, 0.3) is 0 Å². The monoisotopic (exact) mass is 245 g/mol. The van der Waals surface area contributed by atoms with Gasteiger partial charge < -0.3 is 15.6 Å². The van der Waals surface area contributed by atoms with E-state index in [-0.39, 0.29) is 25.0 Å². The van der Waals surface area contributed by atoms with Crippen LogP contribution in [0.15, 0.2) is 24.3 Å². The summed E-state index contributed by atoms with van der Waals surface area (Å²) < 4.78 is 4.85. The first-order chi connectivity index (χ1) is 7.19. The highest BCUT2D eigenvalue weighted by Gasteiger charge is 2.09. The van der Waals surface area contributed by atoms with Crippen LogP contribution in [-0.4, -0.2) is 24.3 Å². The van der Waals surface area contributed by atoms with Crippen molar-refractivity contribution in [2.75, 3.05) is 13.2 Å². The smallest absolute Gasteiger partial charge is 0.338 e. The van der Waals surface area contributed by atoms with Gasteiger partial charge in [-0.05, 0) is 24.6 Å². The zero-order valence-corrected chi connectivity index (χ0v) is 9.87. The van der Waals surface area contributed by atoms with Crippen molar-refractivity contribution in [1.82, 2.24) is 0 Å². The summed E-state index contributed by atoms with van der Waals surface area (Å²) in [6, 6.07) is 6.32. The predicted molar refractivity (Wildman–Crippen MR) is 63.7 cm³/mol. The first kappa shape index (κ1) is 14.9. The average Bonchev–Trinajstić information content (AvgIpc) is 2.28. The van der Waals surface area contributed by atoms with E-state index in [1.807, 2.05) is 0 Å². The molecule has 0 saturated carbocycles. The lowest BCUT2D eigenvalue weighted by Crippen LogP contribution is -2.15. The molecule has 0 saturated heterocycles. The van der Waals surface area contributed by atoms with Crippen LogP contribution < -0.4 is 5.73 Å². The summed E-state index contributed by atoms with van der Waals surface area (Å²) in [5, 5.41) is 8.88. The molecule has 5 heteroatoms. The maximum atomic E-state index is 11.4. The molecule has 0 bridgehead atoms. The zero-order valence-electron chi connectivity index (χ0n) is 9.05. The Balaban J connectivity index is 0.00000225. The third kappa shape index (κ3) is 3.81. The van der Waals surface area contributed by atoms with Crippen molar-refractivity contribution in [3.05, 3.63) is 35.4 Å². The quantitative estimate of drug-likeness (QED) is 0.784. The lowest BCUT2D eigenvalue weighted by molar-refractivity contribution is 0.0526. The van der Waals surface area contributed by atoms with Crippen molar-refractivity contribution >= 4 is 18.4 Å². The second-order valence-electron chi connectivity index (χ2n) is 3.14. The molecule has 1 aromatic carbocycles. The van der Waals surface area contributed by atoms with Crippen LogP contribution in [0.1, 0.15) is 28.9 Å². The molecule has 0 fully saturated rings. The third-order valence-electron chi connectivity index (χ3n) is 2.02. The number of halogens is 1. The van der Waals surface area contributed by atoms with Gasteiger partial charge >= 0.3 is 5.97 Å². The summed E-state index contributed by atoms with van der Waals surface area (Å²) in [4.78, 5) is 11.4. The van der Waals surface area contributed by atoms with E-state index in [0.717, 1.165) is 5.56 Å². The van der Waals surface area contributed by atoms with Gasteiger partial charge in [-0.2, -0.15) is 0 Å². The van der Waals surface area contributed by atoms with Crippen molar-refractivity contribution in [3.63, 3.8) is 0 Å². The molecule has 0 amide bonds. The van der Waals surface area contributed by atoms with Crippen LogP contribution in [-0.2, 0) is 4.74 Å². The van der Waals surface area contributed by atoms with E-state index in [0.29, 0.717) is 12.2 Å². The summed E-state index contributed by atoms with van der Waals surface area (Å²) in [6.45, 7) is 1.95. The number of rotatable bonds is 4. The van der Waals surface area contributed by atoms with Crippen LogP contribution in [0.4, 0.5) is 0 Å². The van der Waals surface area contributed by atoms with Gasteiger partial charge in [0, 0.05) is 0 Å². The standard InChI is InChI=1S/C11H15NO3.ClH/c1-2-15-11(14)9-5-3-4-8(6-9)10(12)7-13;/h3-6,10,13H,2,7,12H2,1H3;1H. The average molecular weight is 246 g/mol. The van der Waals surface area contributed by atoms with Crippen LogP contribution in [0.3, 0.4) is 0 Å². The molecular weight excluding hydrogens is 230 g/mol. The number of hydrogen-bond acceptors (Lipinski definition) is 4. The fourth-order valence-corrected chi connectivity index (χ4v) is 1.22. The molecule has 0 heterocycles. The lowest BCUT2D eigenvalue weighted by atomic mass is 10.1. The second kappa shape index (κ2) is 7.22. The Bertz CT molecular complexity index is 344. The van der Waals surface area contributed by atoms with Gasteiger partial charge in [0.2, 0.25) is 0 Å². The molecule has 1 aromatic rings. The maximum absolute atomic E-state index is 11.4. The molecule has 0 aromatic heterocycles. The lowest BCUT2D eigenvalue weighted by Gasteiger charge is -2.09. The van der Waals surface area contributed by atoms with Crippen molar-refractivity contribution in [2.45, 2.75) is 13.0 Å². The molecule has 0 aliphatic heterocycles. The second-order valence-corrected chi connectivity index (χ2v) is 3.14. The van der Waals surface area contributed by atoms with E-state index < -0.39 is 6.04 Å². The number of benzene rings is 1. The Kier molecular flexibility index (Phi) is 6.72. The number of carbonyl (C=O) groups excluding carboxylic acids is 1. The van der Waals surface area contributed by atoms with Crippen LogP contribution in [0.5, 0.6) is 0 Å². The number of aliphatic hydroxyl groups is 1. The minimum absolute atomic E-state index is 0. The number of hydrogen-bond donors (Lipinski definition) is 2. The Morgan fingerprint density at radius 1 is 1.56 bits per heavy atom. The van der Waals surface area contributed by atoms with E-state index >= 15 is 0 Å². The summed E-state index contributed by atoms with van der Waals surface area (Å²) in [6.07, 6.45) is 0. The van der Waals surface area contributed by atoms with Gasteiger partial charge in [-0.25, -0.2) is 4.79 Å². The topological polar surface area (TPSA) is 72.5 Å².